The van der Waals surface area contributed by atoms with E-state index in [2.05, 4.69) is 175 Å². The van der Waals surface area contributed by atoms with Crippen LogP contribution in [0.1, 0.15) is 254 Å². The third-order valence-corrected chi connectivity index (χ3v) is 26.6. The van der Waals surface area contributed by atoms with Gasteiger partial charge in [0.2, 0.25) is 0 Å². The van der Waals surface area contributed by atoms with Crippen molar-refractivity contribution in [2.45, 2.75) is 267 Å². The molecule has 6 fully saturated rings. The Labute approximate surface area is 563 Å². The number of nitriles is 4. The van der Waals surface area contributed by atoms with E-state index in [1.165, 1.54) is 216 Å². The number of ketones is 2. The summed E-state index contributed by atoms with van der Waals surface area (Å²) >= 11 is 0. The molecule has 12 aliphatic rings. The van der Waals surface area contributed by atoms with Crippen LogP contribution < -0.4 is 0 Å². The maximum atomic E-state index is 11.9. The van der Waals surface area contributed by atoms with Gasteiger partial charge in [-0.1, -0.05) is 143 Å². The Kier molecular flexibility index (Phi) is 18.3. The molecule has 6 aromatic carbocycles. The number of rotatable bonds is 0. The van der Waals surface area contributed by atoms with Gasteiger partial charge in [-0.25, -0.2) is 0 Å². The summed E-state index contributed by atoms with van der Waals surface area (Å²) in [7, 11) is 0. The zero-order chi connectivity index (χ0) is 65.6. The SMILES string of the molecule is Cc1ccc2c(c1)[C@@]1(CCC2)CCC1=O.Cc1ccc2c(c1)[C@@]1(CCC2)CC[C@@H]1C#N.Cc1ccc2c(c1)[C@@]1(CCC2)CC[C@H]1C#N.Cc1ccc2c(c1)[C@]1(CCC2)CCC1=O.Cc1ccc2c(c1)[C@]1(CCC2)CC[C@@H]1C#N.Cc1ccc2c(c1)[C@]1(CCC2)CC[C@H]1C#N. The summed E-state index contributed by atoms with van der Waals surface area (Å²) in [4.78, 5) is 23.8. The molecular formula is C88H100N4O2. The summed E-state index contributed by atoms with van der Waals surface area (Å²) in [6.07, 6.45) is 34.7. The number of carbonyl (C=O) groups excluding carboxylic acids is 2. The molecule has 0 bridgehead atoms. The van der Waals surface area contributed by atoms with E-state index in [4.69, 9.17) is 0 Å². The second kappa shape index (κ2) is 26.3. The third-order valence-electron chi connectivity index (χ3n) is 26.6. The fraction of sp³-hybridized carbons (Fsp3) is 0.523. The van der Waals surface area contributed by atoms with Crippen LogP contribution in [0.25, 0.3) is 0 Å². The normalized spacial score (nSPS) is 30.7. The highest BCUT2D eigenvalue weighted by atomic mass is 16.1. The lowest BCUT2D eigenvalue weighted by atomic mass is 9.52. The van der Waals surface area contributed by atoms with Crippen molar-refractivity contribution in [1.82, 2.24) is 0 Å². The number of aryl methyl sites for hydroxylation is 12. The monoisotopic (exact) mass is 1240 g/mol. The van der Waals surface area contributed by atoms with Crippen molar-refractivity contribution in [3.8, 4) is 24.3 Å². The fourth-order valence-corrected chi connectivity index (χ4v) is 20.5. The lowest BCUT2D eigenvalue weighted by molar-refractivity contribution is -0.133. The van der Waals surface area contributed by atoms with Crippen LogP contribution in [0.3, 0.4) is 0 Å². The van der Waals surface area contributed by atoms with Gasteiger partial charge < -0.3 is 0 Å². The molecule has 6 spiro atoms. The highest BCUT2D eigenvalue weighted by Gasteiger charge is 2.55. The van der Waals surface area contributed by atoms with Gasteiger partial charge in [0, 0.05) is 34.5 Å². The first-order chi connectivity index (χ1) is 45.5. The van der Waals surface area contributed by atoms with Crippen LogP contribution in [0.4, 0.5) is 0 Å². The van der Waals surface area contributed by atoms with Crippen LogP contribution in [0.5, 0.6) is 0 Å². The Morgan fingerprint density at radius 3 is 0.670 bits per heavy atom. The average molecular weight is 1250 g/mol. The molecule has 484 valence electrons. The molecule has 6 saturated carbocycles. The maximum absolute atomic E-state index is 11.9. The zero-order valence-corrected chi connectivity index (χ0v) is 57.5. The smallest absolute Gasteiger partial charge is 0.143 e. The van der Waals surface area contributed by atoms with Crippen molar-refractivity contribution in [2.75, 3.05) is 0 Å². The van der Waals surface area contributed by atoms with Crippen molar-refractivity contribution in [3.05, 3.63) is 209 Å². The molecule has 0 radical (unpaired) electrons. The zero-order valence-electron chi connectivity index (χ0n) is 57.5. The molecule has 10 atom stereocenters. The summed E-state index contributed by atoms with van der Waals surface area (Å²) < 4.78 is 0. The van der Waals surface area contributed by atoms with Crippen LogP contribution in [-0.2, 0) is 80.6 Å². The van der Waals surface area contributed by atoms with E-state index in [1.54, 1.807) is 0 Å². The van der Waals surface area contributed by atoms with Crippen molar-refractivity contribution in [3.63, 3.8) is 0 Å². The summed E-state index contributed by atoms with van der Waals surface area (Å²) in [6, 6.07) is 50.6. The second-order valence-corrected chi connectivity index (χ2v) is 31.6. The van der Waals surface area contributed by atoms with Gasteiger partial charge in [-0.3, -0.25) is 9.59 Å². The van der Waals surface area contributed by atoms with Gasteiger partial charge in [0.15, 0.2) is 0 Å². The molecule has 6 heteroatoms. The first-order valence-electron chi connectivity index (χ1n) is 36.7. The summed E-state index contributed by atoms with van der Waals surface area (Å²) in [5.41, 5.74) is 26.2. The minimum Gasteiger partial charge on any atom is -0.299 e. The van der Waals surface area contributed by atoms with E-state index in [-0.39, 0.29) is 56.2 Å². The van der Waals surface area contributed by atoms with Crippen LogP contribution in [0, 0.1) is 111 Å². The minimum atomic E-state index is -0.0559. The molecule has 0 aromatic heterocycles. The van der Waals surface area contributed by atoms with E-state index in [0.717, 1.165) is 77.0 Å². The van der Waals surface area contributed by atoms with Crippen LogP contribution in [-0.4, -0.2) is 11.6 Å². The molecular weight excluding hydrogens is 1140 g/mol. The van der Waals surface area contributed by atoms with Gasteiger partial charge >= 0.3 is 0 Å². The Morgan fingerprint density at radius 2 is 0.489 bits per heavy atom. The van der Waals surface area contributed by atoms with E-state index < -0.39 is 0 Å². The number of hydrogen-bond donors (Lipinski definition) is 0. The molecule has 0 saturated heterocycles. The van der Waals surface area contributed by atoms with E-state index in [0.29, 0.717) is 11.6 Å². The molecule has 0 heterocycles. The molecule has 94 heavy (non-hydrogen) atoms. The largest absolute Gasteiger partial charge is 0.299 e. The Hall–Kier alpha value is -7.38. The van der Waals surface area contributed by atoms with Gasteiger partial charge in [-0.05, 0) is 288 Å². The molecule has 0 unspecified atom stereocenters. The molecule has 0 aliphatic heterocycles. The number of hydrogen-bond acceptors (Lipinski definition) is 6. The van der Waals surface area contributed by atoms with Gasteiger partial charge in [0.25, 0.3) is 0 Å². The van der Waals surface area contributed by atoms with Gasteiger partial charge in [-0.2, -0.15) is 21.0 Å². The number of fused-ring (bicyclic) bond motifs is 12. The quantitative estimate of drug-likeness (QED) is 0.149. The van der Waals surface area contributed by atoms with E-state index >= 15 is 0 Å². The maximum Gasteiger partial charge on any atom is 0.143 e. The summed E-state index contributed by atoms with van der Waals surface area (Å²) in [6.45, 7) is 12.9. The van der Waals surface area contributed by atoms with Crippen molar-refractivity contribution in [1.29, 1.82) is 21.0 Å². The Balaban J connectivity index is 0.000000102. The van der Waals surface area contributed by atoms with Crippen LogP contribution in [0.15, 0.2) is 109 Å². The molecule has 0 N–H and O–H groups in total. The van der Waals surface area contributed by atoms with Gasteiger partial charge in [-0.15, -0.1) is 0 Å². The summed E-state index contributed by atoms with van der Waals surface area (Å²) in [5.74, 6) is 2.05. The van der Waals surface area contributed by atoms with Crippen molar-refractivity contribution in [2.24, 2.45) is 23.7 Å². The highest BCUT2D eigenvalue weighted by Crippen LogP contribution is 2.59. The van der Waals surface area contributed by atoms with Crippen LogP contribution in [0.2, 0.25) is 0 Å². The average Bonchev–Trinajstić information content (AvgIpc) is 0.785. The number of benzene rings is 6. The first kappa shape index (κ1) is 65.3. The predicted octanol–water partition coefficient (Wildman–Crippen LogP) is 19.9. The van der Waals surface area contributed by atoms with E-state index in [9.17, 15) is 30.6 Å². The van der Waals surface area contributed by atoms with Crippen LogP contribution >= 0.6 is 0 Å². The molecule has 0 amide bonds. The van der Waals surface area contributed by atoms with Crippen molar-refractivity contribution >= 4 is 11.6 Å². The van der Waals surface area contributed by atoms with Crippen molar-refractivity contribution < 1.29 is 9.59 Å². The fourth-order valence-electron chi connectivity index (χ4n) is 20.5. The lowest BCUT2D eigenvalue weighted by Crippen LogP contribution is -2.47. The van der Waals surface area contributed by atoms with Gasteiger partial charge in [0.05, 0.1) is 58.8 Å². The number of carbonyl (C=O) groups is 2. The molecule has 12 aliphatic carbocycles. The molecule has 6 aromatic rings. The number of nitrogens with zero attached hydrogens (tertiary/aromatic N) is 4. The van der Waals surface area contributed by atoms with E-state index in [1.807, 2.05) is 0 Å². The Morgan fingerprint density at radius 1 is 0.277 bits per heavy atom. The topological polar surface area (TPSA) is 129 Å². The highest BCUT2D eigenvalue weighted by molar-refractivity contribution is 5.97. The minimum absolute atomic E-state index is 0.0559. The summed E-state index contributed by atoms with van der Waals surface area (Å²) in [5, 5.41) is 37.0. The first-order valence-corrected chi connectivity index (χ1v) is 36.7. The lowest BCUT2D eigenvalue weighted by Gasteiger charge is -2.50. The standard InChI is InChI=1S/4C15H17N.2C14H16O/c4*1-11-4-5-12-3-2-7-15(14(12)9-11)8-6-13(15)10-16;2*1-10-4-5-11-3-2-7-14(12(11)9-10)8-6-13(14)15/h4*4-5,9,13H,2-3,6-8H2,1H3;2*4-5,9H,2-3,6-8H2,1H3/t2*13-,15+;2*13-,15-;2*14-/m101010/s1. The third kappa shape index (κ3) is 11.3. The Bertz CT molecular complexity index is 3660. The molecule has 6 nitrogen and oxygen atoms in total. The number of Topliss-reactive ketones (excluding diaryl/α,β-unsaturated/α-hetero) is 2. The molecule has 18 rings (SSSR count). The second-order valence-electron chi connectivity index (χ2n) is 31.6. The predicted molar refractivity (Wildman–Crippen MR) is 377 cm³/mol. The van der Waals surface area contributed by atoms with Gasteiger partial charge in [0.1, 0.15) is 11.6 Å².